The summed E-state index contributed by atoms with van der Waals surface area (Å²) in [5.41, 5.74) is 2.48. The van der Waals surface area contributed by atoms with Crippen LogP contribution in [0.2, 0.25) is 0 Å². The SMILES string of the molecule is N#C/C(=C\c1ccccc1F)c1nc(-c2cccc(Br)c2)cs1. The van der Waals surface area contributed by atoms with Crippen LogP contribution in [0.25, 0.3) is 22.9 Å². The highest BCUT2D eigenvalue weighted by Gasteiger charge is 2.10. The molecular formula is C18H10BrFN2S. The van der Waals surface area contributed by atoms with Crippen LogP contribution in [0.15, 0.2) is 58.4 Å². The molecule has 0 radical (unpaired) electrons. The van der Waals surface area contributed by atoms with Crippen molar-refractivity contribution in [3.8, 4) is 17.3 Å². The predicted molar refractivity (Wildman–Crippen MR) is 95.1 cm³/mol. The molecule has 0 saturated heterocycles. The Hall–Kier alpha value is -2.29. The Balaban J connectivity index is 1.98. The highest BCUT2D eigenvalue weighted by Crippen LogP contribution is 2.28. The van der Waals surface area contributed by atoms with E-state index in [9.17, 15) is 9.65 Å². The Bertz CT molecular complexity index is 925. The van der Waals surface area contributed by atoms with E-state index in [0.717, 1.165) is 15.7 Å². The van der Waals surface area contributed by atoms with E-state index in [1.807, 2.05) is 29.6 Å². The maximum absolute atomic E-state index is 13.7. The van der Waals surface area contributed by atoms with Gasteiger partial charge in [0.15, 0.2) is 0 Å². The van der Waals surface area contributed by atoms with Crippen molar-refractivity contribution in [3.05, 3.63) is 74.8 Å². The van der Waals surface area contributed by atoms with Gasteiger partial charge in [-0.2, -0.15) is 5.26 Å². The number of allylic oxidation sites excluding steroid dienone is 1. The summed E-state index contributed by atoms with van der Waals surface area (Å²) in [4.78, 5) is 4.50. The number of nitrogens with zero attached hydrogens (tertiary/aromatic N) is 2. The standard InChI is InChI=1S/C18H10BrFN2S/c19-15-6-3-5-13(9-15)17-11-23-18(22-17)14(10-21)8-12-4-1-2-7-16(12)20/h1-9,11H/b14-8+. The highest BCUT2D eigenvalue weighted by atomic mass is 79.9. The number of hydrogen-bond donors (Lipinski definition) is 0. The lowest BCUT2D eigenvalue weighted by molar-refractivity contribution is 0.625. The smallest absolute Gasteiger partial charge is 0.134 e. The molecule has 0 aliphatic rings. The van der Waals surface area contributed by atoms with Crippen LogP contribution >= 0.6 is 27.3 Å². The second-order valence-corrected chi connectivity index (χ2v) is 6.51. The molecule has 0 fully saturated rings. The van der Waals surface area contributed by atoms with Gasteiger partial charge in [0.2, 0.25) is 0 Å². The number of nitriles is 1. The van der Waals surface area contributed by atoms with E-state index >= 15 is 0 Å². The molecule has 1 aromatic heterocycles. The van der Waals surface area contributed by atoms with E-state index in [2.05, 4.69) is 27.0 Å². The molecule has 3 rings (SSSR count). The van der Waals surface area contributed by atoms with Gasteiger partial charge in [0.05, 0.1) is 11.3 Å². The van der Waals surface area contributed by atoms with Crippen molar-refractivity contribution in [1.29, 1.82) is 5.26 Å². The van der Waals surface area contributed by atoms with Crippen molar-refractivity contribution in [2.24, 2.45) is 0 Å². The Morgan fingerprint density at radius 1 is 1.22 bits per heavy atom. The average molecular weight is 385 g/mol. The first-order valence-corrected chi connectivity index (χ1v) is 8.43. The maximum Gasteiger partial charge on any atom is 0.134 e. The first-order valence-electron chi connectivity index (χ1n) is 6.75. The van der Waals surface area contributed by atoms with E-state index in [4.69, 9.17) is 0 Å². The molecule has 0 saturated carbocycles. The van der Waals surface area contributed by atoms with Gasteiger partial charge in [0, 0.05) is 21.0 Å². The summed E-state index contributed by atoms with van der Waals surface area (Å²) in [5, 5.41) is 11.8. The maximum atomic E-state index is 13.7. The summed E-state index contributed by atoms with van der Waals surface area (Å²) in [6, 6.07) is 16.2. The van der Waals surface area contributed by atoms with Crippen molar-refractivity contribution < 1.29 is 4.39 Å². The molecule has 3 aromatic rings. The molecule has 112 valence electrons. The molecular weight excluding hydrogens is 375 g/mol. The van der Waals surface area contributed by atoms with Gasteiger partial charge >= 0.3 is 0 Å². The molecule has 5 heteroatoms. The van der Waals surface area contributed by atoms with Crippen LogP contribution in [-0.4, -0.2) is 4.98 Å². The molecule has 0 unspecified atom stereocenters. The van der Waals surface area contributed by atoms with Crippen LogP contribution < -0.4 is 0 Å². The fraction of sp³-hybridized carbons (Fsp3) is 0. The molecule has 23 heavy (non-hydrogen) atoms. The minimum absolute atomic E-state index is 0.348. The van der Waals surface area contributed by atoms with Crippen molar-refractivity contribution in [2.75, 3.05) is 0 Å². The van der Waals surface area contributed by atoms with E-state index < -0.39 is 0 Å². The van der Waals surface area contributed by atoms with Gasteiger partial charge in [-0.1, -0.05) is 46.3 Å². The molecule has 0 amide bonds. The molecule has 2 aromatic carbocycles. The quantitative estimate of drug-likeness (QED) is 0.536. The van der Waals surface area contributed by atoms with E-state index in [-0.39, 0.29) is 5.82 Å². The zero-order valence-corrected chi connectivity index (χ0v) is 14.2. The monoisotopic (exact) mass is 384 g/mol. The Labute approximate surface area is 145 Å². The minimum atomic E-state index is -0.357. The van der Waals surface area contributed by atoms with E-state index in [1.54, 1.807) is 18.2 Å². The third-order valence-electron chi connectivity index (χ3n) is 3.18. The second kappa shape index (κ2) is 6.86. The number of benzene rings is 2. The lowest BCUT2D eigenvalue weighted by atomic mass is 10.1. The Morgan fingerprint density at radius 2 is 2.04 bits per heavy atom. The summed E-state index contributed by atoms with van der Waals surface area (Å²) < 4.78 is 14.7. The fourth-order valence-corrected chi connectivity index (χ4v) is 3.26. The van der Waals surface area contributed by atoms with Gasteiger partial charge in [-0.25, -0.2) is 9.37 Å². The topological polar surface area (TPSA) is 36.7 Å². The zero-order valence-electron chi connectivity index (χ0n) is 11.8. The molecule has 0 aliphatic heterocycles. The molecule has 0 aliphatic carbocycles. The van der Waals surface area contributed by atoms with Gasteiger partial charge in [0.1, 0.15) is 16.9 Å². The zero-order chi connectivity index (χ0) is 16.2. The summed E-state index contributed by atoms with van der Waals surface area (Å²) in [6.07, 6.45) is 1.53. The predicted octanol–water partition coefficient (Wildman–Crippen LogP) is 5.78. The number of hydrogen-bond acceptors (Lipinski definition) is 3. The van der Waals surface area contributed by atoms with Crippen LogP contribution in [0.5, 0.6) is 0 Å². The van der Waals surface area contributed by atoms with Crippen LogP contribution in [0.4, 0.5) is 4.39 Å². The van der Waals surface area contributed by atoms with Crippen molar-refractivity contribution in [1.82, 2.24) is 4.98 Å². The van der Waals surface area contributed by atoms with Crippen LogP contribution in [0.3, 0.4) is 0 Å². The van der Waals surface area contributed by atoms with Crippen LogP contribution in [0.1, 0.15) is 10.6 Å². The summed E-state index contributed by atoms with van der Waals surface area (Å²) in [6.45, 7) is 0. The highest BCUT2D eigenvalue weighted by molar-refractivity contribution is 9.10. The third-order valence-corrected chi connectivity index (χ3v) is 4.55. The first-order chi connectivity index (χ1) is 11.2. The first kappa shape index (κ1) is 15.6. The molecule has 0 atom stereocenters. The lowest BCUT2D eigenvalue weighted by Crippen LogP contribution is -1.85. The van der Waals surface area contributed by atoms with Gasteiger partial charge in [-0.05, 0) is 24.3 Å². The van der Waals surface area contributed by atoms with E-state index in [0.29, 0.717) is 16.1 Å². The largest absolute Gasteiger partial charge is 0.235 e. The summed E-state index contributed by atoms with van der Waals surface area (Å²) in [7, 11) is 0. The lowest BCUT2D eigenvalue weighted by Gasteiger charge is -1.98. The Kier molecular flexibility index (Phi) is 4.65. The molecule has 0 spiro atoms. The second-order valence-electron chi connectivity index (χ2n) is 4.74. The van der Waals surface area contributed by atoms with Gasteiger partial charge in [-0.15, -0.1) is 11.3 Å². The normalized spacial score (nSPS) is 11.3. The Morgan fingerprint density at radius 3 is 2.78 bits per heavy atom. The van der Waals surface area contributed by atoms with Crippen molar-refractivity contribution >= 4 is 38.9 Å². The molecule has 0 bridgehead atoms. The number of thiazole rings is 1. The van der Waals surface area contributed by atoms with Gasteiger partial charge in [-0.3, -0.25) is 0 Å². The average Bonchev–Trinajstić information content (AvgIpc) is 3.04. The van der Waals surface area contributed by atoms with Crippen molar-refractivity contribution in [2.45, 2.75) is 0 Å². The number of rotatable bonds is 3. The summed E-state index contributed by atoms with van der Waals surface area (Å²) >= 11 is 4.80. The fourth-order valence-electron chi connectivity index (χ4n) is 2.07. The molecule has 2 nitrogen and oxygen atoms in total. The van der Waals surface area contributed by atoms with Crippen molar-refractivity contribution in [3.63, 3.8) is 0 Å². The molecule has 1 heterocycles. The van der Waals surface area contributed by atoms with Crippen LogP contribution in [-0.2, 0) is 0 Å². The number of halogens is 2. The third kappa shape index (κ3) is 3.55. The van der Waals surface area contributed by atoms with Crippen LogP contribution in [0, 0.1) is 17.1 Å². The van der Waals surface area contributed by atoms with Gasteiger partial charge in [0.25, 0.3) is 0 Å². The minimum Gasteiger partial charge on any atom is -0.235 e. The molecule has 0 N–H and O–H groups in total. The summed E-state index contributed by atoms with van der Waals surface area (Å²) in [5.74, 6) is -0.357. The van der Waals surface area contributed by atoms with Gasteiger partial charge < -0.3 is 0 Å². The number of aromatic nitrogens is 1. The van der Waals surface area contributed by atoms with E-state index in [1.165, 1.54) is 23.5 Å².